The van der Waals surface area contributed by atoms with Gasteiger partial charge >= 0.3 is 0 Å². The molecule has 1 amide bonds. The third-order valence-electron chi connectivity index (χ3n) is 2.48. The molecule has 0 radical (unpaired) electrons. The van der Waals surface area contributed by atoms with Gasteiger partial charge < -0.3 is 20.8 Å². The highest BCUT2D eigenvalue weighted by Gasteiger charge is 2.16. The van der Waals surface area contributed by atoms with Gasteiger partial charge in [0.15, 0.2) is 0 Å². The number of phenols is 2. The van der Waals surface area contributed by atoms with Gasteiger partial charge in [0.05, 0.1) is 5.56 Å². The Balaban J connectivity index is 2.75. The Morgan fingerprint density at radius 3 is 2.65 bits per heavy atom. The minimum atomic E-state index is -0.289. The van der Waals surface area contributed by atoms with Crippen molar-refractivity contribution in [3.05, 3.63) is 23.8 Å². The van der Waals surface area contributed by atoms with Crippen LogP contribution in [0, 0.1) is 0 Å². The maximum Gasteiger partial charge on any atom is 0.257 e. The molecule has 17 heavy (non-hydrogen) atoms. The fourth-order valence-corrected chi connectivity index (χ4v) is 1.41. The molecule has 1 atom stereocenters. The lowest BCUT2D eigenvalue weighted by atomic mass is 10.1. The summed E-state index contributed by atoms with van der Waals surface area (Å²) in [5.74, 6) is -0.580. The Kier molecular flexibility index (Phi) is 4.34. The Labute approximate surface area is 100 Å². The third kappa shape index (κ3) is 3.64. The van der Waals surface area contributed by atoms with Crippen LogP contribution in [0.1, 0.15) is 23.7 Å². The zero-order chi connectivity index (χ0) is 13.0. The largest absolute Gasteiger partial charge is 0.508 e. The van der Waals surface area contributed by atoms with Crippen molar-refractivity contribution in [2.45, 2.75) is 19.4 Å². The van der Waals surface area contributed by atoms with Crippen LogP contribution in [-0.2, 0) is 0 Å². The summed E-state index contributed by atoms with van der Waals surface area (Å²) in [6.45, 7) is 2.40. The molecule has 1 unspecified atom stereocenters. The molecule has 5 heteroatoms. The zero-order valence-electron chi connectivity index (χ0n) is 10.1. The molecule has 0 aliphatic carbocycles. The molecule has 0 aromatic heterocycles. The molecule has 0 saturated heterocycles. The number of carbonyl (C=O) groups is 1. The van der Waals surface area contributed by atoms with Gasteiger partial charge in [0.1, 0.15) is 11.5 Å². The molecular formula is C12H18N2O3. The summed E-state index contributed by atoms with van der Waals surface area (Å²) >= 11 is 0. The van der Waals surface area contributed by atoms with Crippen LogP contribution in [-0.4, -0.2) is 40.7 Å². The molecule has 94 valence electrons. The van der Waals surface area contributed by atoms with Gasteiger partial charge in [-0.15, -0.1) is 0 Å². The predicted octanol–water partition coefficient (Wildman–Crippen LogP) is 0.907. The Hall–Kier alpha value is -1.75. The van der Waals surface area contributed by atoms with Crippen LogP contribution >= 0.6 is 0 Å². The lowest BCUT2D eigenvalue weighted by Gasteiger charge is -2.18. The minimum absolute atomic E-state index is 0.0265. The number of nitrogens with two attached hydrogens (primary N) is 1. The van der Waals surface area contributed by atoms with E-state index in [2.05, 4.69) is 0 Å². The van der Waals surface area contributed by atoms with Crippen LogP contribution in [0.25, 0.3) is 0 Å². The molecule has 0 heterocycles. The maximum atomic E-state index is 11.9. The van der Waals surface area contributed by atoms with Crippen LogP contribution in [0.2, 0.25) is 0 Å². The van der Waals surface area contributed by atoms with E-state index in [-0.39, 0.29) is 29.0 Å². The first kappa shape index (κ1) is 13.3. The van der Waals surface area contributed by atoms with E-state index in [1.54, 1.807) is 7.05 Å². The zero-order valence-corrected chi connectivity index (χ0v) is 10.1. The first-order valence-corrected chi connectivity index (χ1v) is 5.45. The molecule has 0 aliphatic heterocycles. The molecule has 5 nitrogen and oxygen atoms in total. The molecule has 1 rings (SSSR count). The summed E-state index contributed by atoms with van der Waals surface area (Å²) in [4.78, 5) is 13.4. The highest BCUT2D eigenvalue weighted by Crippen LogP contribution is 2.23. The van der Waals surface area contributed by atoms with E-state index in [4.69, 9.17) is 10.8 Å². The molecule has 1 aromatic carbocycles. The van der Waals surface area contributed by atoms with Gasteiger partial charge in [-0.25, -0.2) is 0 Å². The summed E-state index contributed by atoms with van der Waals surface area (Å²) in [5, 5.41) is 18.7. The smallest absolute Gasteiger partial charge is 0.257 e. The van der Waals surface area contributed by atoms with Crippen molar-refractivity contribution in [2.75, 3.05) is 13.6 Å². The van der Waals surface area contributed by atoms with Crippen LogP contribution in [0.5, 0.6) is 11.5 Å². The predicted molar refractivity (Wildman–Crippen MR) is 65.0 cm³/mol. The highest BCUT2D eigenvalue weighted by atomic mass is 16.3. The standard InChI is InChI=1S/C12H18N2O3/c1-8(13)5-6-14(2)12(17)10-4-3-9(15)7-11(10)16/h3-4,7-8,15-16H,5-6,13H2,1-2H3. The van der Waals surface area contributed by atoms with Crippen LogP contribution in [0.15, 0.2) is 18.2 Å². The van der Waals surface area contributed by atoms with Gasteiger partial charge in [-0.05, 0) is 25.5 Å². The average molecular weight is 238 g/mol. The van der Waals surface area contributed by atoms with E-state index in [1.165, 1.54) is 17.0 Å². The quantitative estimate of drug-likeness (QED) is 0.727. The summed E-state index contributed by atoms with van der Waals surface area (Å²) in [7, 11) is 1.65. The van der Waals surface area contributed by atoms with Gasteiger partial charge in [-0.1, -0.05) is 0 Å². The normalized spacial score (nSPS) is 12.2. The summed E-state index contributed by atoms with van der Waals surface area (Å²) in [6.07, 6.45) is 0.696. The fourth-order valence-electron chi connectivity index (χ4n) is 1.41. The molecular weight excluding hydrogens is 220 g/mol. The minimum Gasteiger partial charge on any atom is -0.508 e. The van der Waals surface area contributed by atoms with E-state index in [9.17, 15) is 9.90 Å². The molecule has 0 saturated carbocycles. The van der Waals surface area contributed by atoms with Crippen molar-refractivity contribution in [3.8, 4) is 11.5 Å². The first-order chi connectivity index (χ1) is 7.91. The average Bonchev–Trinajstić information content (AvgIpc) is 2.25. The molecule has 0 spiro atoms. The van der Waals surface area contributed by atoms with Gasteiger partial charge in [-0.2, -0.15) is 0 Å². The van der Waals surface area contributed by atoms with Crippen molar-refractivity contribution in [2.24, 2.45) is 5.73 Å². The van der Waals surface area contributed by atoms with Crippen molar-refractivity contribution < 1.29 is 15.0 Å². The number of amides is 1. The number of carbonyl (C=O) groups excluding carboxylic acids is 1. The monoisotopic (exact) mass is 238 g/mol. The first-order valence-electron chi connectivity index (χ1n) is 5.45. The van der Waals surface area contributed by atoms with Crippen LogP contribution in [0.3, 0.4) is 0 Å². The summed E-state index contributed by atoms with van der Waals surface area (Å²) < 4.78 is 0. The Bertz CT molecular complexity index is 405. The van der Waals surface area contributed by atoms with Crippen LogP contribution in [0.4, 0.5) is 0 Å². The van der Waals surface area contributed by atoms with Gasteiger partial charge in [0, 0.05) is 25.7 Å². The maximum absolute atomic E-state index is 11.9. The van der Waals surface area contributed by atoms with E-state index in [1.807, 2.05) is 6.92 Å². The van der Waals surface area contributed by atoms with Crippen molar-refractivity contribution in [3.63, 3.8) is 0 Å². The third-order valence-corrected chi connectivity index (χ3v) is 2.48. The number of aromatic hydroxyl groups is 2. The van der Waals surface area contributed by atoms with Gasteiger partial charge in [-0.3, -0.25) is 4.79 Å². The number of hydrogen-bond acceptors (Lipinski definition) is 4. The summed E-state index contributed by atoms with van der Waals surface area (Å²) in [6, 6.07) is 3.94. The van der Waals surface area contributed by atoms with E-state index in [0.717, 1.165) is 6.07 Å². The van der Waals surface area contributed by atoms with E-state index < -0.39 is 0 Å². The second-order valence-corrected chi connectivity index (χ2v) is 4.19. The van der Waals surface area contributed by atoms with Crippen molar-refractivity contribution in [1.29, 1.82) is 0 Å². The number of rotatable bonds is 4. The number of hydrogen-bond donors (Lipinski definition) is 3. The number of nitrogens with zero attached hydrogens (tertiary/aromatic N) is 1. The lowest BCUT2D eigenvalue weighted by molar-refractivity contribution is 0.0789. The fraction of sp³-hybridized carbons (Fsp3) is 0.417. The molecule has 0 fully saturated rings. The van der Waals surface area contributed by atoms with Crippen molar-refractivity contribution >= 4 is 5.91 Å². The van der Waals surface area contributed by atoms with E-state index >= 15 is 0 Å². The highest BCUT2D eigenvalue weighted by molar-refractivity contribution is 5.96. The Morgan fingerprint density at radius 2 is 2.12 bits per heavy atom. The number of benzene rings is 1. The van der Waals surface area contributed by atoms with Crippen molar-refractivity contribution in [1.82, 2.24) is 4.90 Å². The second kappa shape index (κ2) is 5.54. The van der Waals surface area contributed by atoms with Gasteiger partial charge in [0.25, 0.3) is 5.91 Å². The SMILES string of the molecule is CC(N)CCN(C)C(=O)c1ccc(O)cc1O. The van der Waals surface area contributed by atoms with Crippen LogP contribution < -0.4 is 5.73 Å². The Morgan fingerprint density at radius 1 is 1.47 bits per heavy atom. The van der Waals surface area contributed by atoms with Gasteiger partial charge in [0.2, 0.25) is 0 Å². The summed E-state index contributed by atoms with van der Waals surface area (Å²) in [5.41, 5.74) is 5.78. The topological polar surface area (TPSA) is 86.8 Å². The lowest BCUT2D eigenvalue weighted by Crippen LogP contribution is -2.31. The second-order valence-electron chi connectivity index (χ2n) is 4.19. The molecule has 0 aliphatic rings. The molecule has 1 aromatic rings. The molecule has 0 bridgehead atoms. The van der Waals surface area contributed by atoms with E-state index in [0.29, 0.717) is 13.0 Å². The number of phenolic OH excluding ortho intramolecular Hbond substituents is 2. The molecule has 4 N–H and O–H groups in total.